The maximum atomic E-state index is 12.8. The Hall–Kier alpha value is -3.42. The van der Waals surface area contributed by atoms with E-state index in [9.17, 15) is 19.7 Å². The molecule has 4 N–H and O–H groups in total. The Morgan fingerprint density at radius 3 is 2.40 bits per heavy atom. The van der Waals surface area contributed by atoms with Gasteiger partial charge in [0.25, 0.3) is 11.6 Å². The van der Waals surface area contributed by atoms with Gasteiger partial charge in [-0.3, -0.25) is 19.7 Å². The van der Waals surface area contributed by atoms with Crippen molar-refractivity contribution in [2.75, 3.05) is 12.8 Å². The molecule has 0 fully saturated rings. The predicted molar refractivity (Wildman–Crippen MR) is 92.6 cm³/mol. The third-order valence-electron chi connectivity index (χ3n) is 3.84. The van der Waals surface area contributed by atoms with Crippen molar-refractivity contribution in [3.05, 3.63) is 69.8 Å². The van der Waals surface area contributed by atoms with Crippen molar-refractivity contribution in [2.24, 2.45) is 5.73 Å². The molecule has 0 heterocycles. The number of non-ortho nitro benzene ring substituents is 1. The monoisotopic (exact) mass is 342 g/mol. The van der Waals surface area contributed by atoms with E-state index in [0.29, 0.717) is 0 Å². The maximum absolute atomic E-state index is 12.8. The lowest BCUT2D eigenvalue weighted by atomic mass is 10.0. The lowest BCUT2D eigenvalue weighted by Crippen LogP contribution is -2.34. The second-order valence-corrected chi connectivity index (χ2v) is 5.54. The first-order valence-corrected chi connectivity index (χ1v) is 7.45. The summed E-state index contributed by atoms with van der Waals surface area (Å²) in [7, 11) is 1.50. The van der Waals surface area contributed by atoms with E-state index in [1.54, 1.807) is 24.3 Å². The summed E-state index contributed by atoms with van der Waals surface area (Å²) in [6, 6.07) is 12.0. The van der Waals surface area contributed by atoms with Crippen molar-refractivity contribution in [1.82, 2.24) is 4.90 Å². The van der Waals surface area contributed by atoms with Crippen LogP contribution in [0.4, 0.5) is 11.4 Å². The van der Waals surface area contributed by atoms with Crippen LogP contribution >= 0.6 is 0 Å². The van der Waals surface area contributed by atoms with Crippen LogP contribution in [0, 0.1) is 10.1 Å². The van der Waals surface area contributed by atoms with Crippen LogP contribution in [0.25, 0.3) is 0 Å². The second-order valence-electron chi connectivity index (χ2n) is 5.54. The molecule has 0 saturated carbocycles. The number of benzene rings is 2. The Kier molecular flexibility index (Phi) is 5.33. The quantitative estimate of drug-likeness (QED) is 0.470. The normalized spacial score (nSPS) is 11.6. The molecule has 2 aromatic rings. The number of carbonyl (C=O) groups is 2. The molecule has 0 aromatic heterocycles. The number of nitrogens with zero attached hydrogens (tertiary/aromatic N) is 2. The summed E-state index contributed by atoms with van der Waals surface area (Å²) in [6.07, 6.45) is -0.0823. The van der Waals surface area contributed by atoms with Gasteiger partial charge in [0.2, 0.25) is 5.91 Å². The fraction of sp³-hybridized carbons (Fsp3) is 0.176. The van der Waals surface area contributed by atoms with E-state index >= 15 is 0 Å². The van der Waals surface area contributed by atoms with Gasteiger partial charge in [0, 0.05) is 24.9 Å². The van der Waals surface area contributed by atoms with E-state index in [1.165, 1.54) is 24.1 Å². The molecule has 0 aliphatic rings. The average Bonchev–Trinajstić information content (AvgIpc) is 2.59. The summed E-state index contributed by atoms with van der Waals surface area (Å²) >= 11 is 0. The van der Waals surface area contributed by atoms with Gasteiger partial charge in [-0.15, -0.1) is 0 Å². The number of rotatable bonds is 6. The number of amides is 2. The number of hydrogen-bond acceptors (Lipinski definition) is 5. The Labute approximate surface area is 144 Å². The van der Waals surface area contributed by atoms with Gasteiger partial charge in [-0.2, -0.15) is 0 Å². The third kappa shape index (κ3) is 4.11. The van der Waals surface area contributed by atoms with Crippen LogP contribution in [-0.2, 0) is 4.79 Å². The van der Waals surface area contributed by atoms with Crippen molar-refractivity contribution >= 4 is 23.2 Å². The fourth-order valence-electron chi connectivity index (χ4n) is 2.52. The number of anilines is 1. The van der Waals surface area contributed by atoms with Crippen molar-refractivity contribution in [3.8, 4) is 0 Å². The summed E-state index contributed by atoms with van der Waals surface area (Å²) in [5.74, 6) is -1.10. The zero-order valence-corrected chi connectivity index (χ0v) is 13.6. The number of nitro groups is 1. The molecule has 0 aliphatic heterocycles. The minimum atomic E-state index is -0.607. The molecule has 2 rings (SSSR count). The third-order valence-corrected chi connectivity index (χ3v) is 3.84. The minimum absolute atomic E-state index is 0.00195. The van der Waals surface area contributed by atoms with Crippen LogP contribution in [0.3, 0.4) is 0 Å². The molecule has 0 radical (unpaired) electrons. The molecular weight excluding hydrogens is 324 g/mol. The number of nitro benzene ring substituents is 1. The molecule has 8 heteroatoms. The highest BCUT2D eigenvalue weighted by atomic mass is 16.6. The number of primary amides is 1. The fourth-order valence-corrected chi connectivity index (χ4v) is 2.52. The van der Waals surface area contributed by atoms with E-state index in [4.69, 9.17) is 11.5 Å². The van der Waals surface area contributed by atoms with Crippen LogP contribution in [0.1, 0.15) is 28.4 Å². The van der Waals surface area contributed by atoms with Crippen molar-refractivity contribution in [3.63, 3.8) is 0 Å². The van der Waals surface area contributed by atoms with Gasteiger partial charge in [0.1, 0.15) is 0 Å². The molecule has 0 unspecified atom stereocenters. The minimum Gasteiger partial charge on any atom is -0.398 e. The second kappa shape index (κ2) is 7.43. The van der Waals surface area contributed by atoms with Gasteiger partial charge < -0.3 is 16.4 Å². The molecule has 0 bridgehead atoms. The SMILES string of the molecule is CN(C(=O)c1cc([N+](=O)[O-])ccc1N)[C@H](CC(N)=O)c1ccccc1. The van der Waals surface area contributed by atoms with Gasteiger partial charge in [0.15, 0.2) is 0 Å². The van der Waals surface area contributed by atoms with Gasteiger partial charge in [-0.05, 0) is 11.6 Å². The molecular formula is C17H18N4O4. The molecule has 0 aliphatic carbocycles. The molecule has 0 spiro atoms. The standard InChI is InChI=1S/C17H18N4O4/c1-20(15(10-16(19)22)11-5-3-2-4-6-11)17(23)13-9-12(21(24)25)7-8-14(13)18/h2-9,15H,10,18H2,1H3,(H2,19,22)/t15-/m1/s1. The Bertz CT molecular complexity index is 808. The van der Waals surface area contributed by atoms with Crippen molar-refractivity contribution in [2.45, 2.75) is 12.5 Å². The number of nitrogen functional groups attached to an aromatic ring is 1. The van der Waals surface area contributed by atoms with E-state index in [-0.39, 0.29) is 23.4 Å². The van der Waals surface area contributed by atoms with Gasteiger partial charge >= 0.3 is 0 Å². The Balaban J connectivity index is 2.40. The first kappa shape index (κ1) is 17.9. The highest BCUT2D eigenvalue weighted by molar-refractivity contribution is 6.00. The first-order chi connectivity index (χ1) is 11.8. The van der Waals surface area contributed by atoms with Crippen LogP contribution in [0.5, 0.6) is 0 Å². The van der Waals surface area contributed by atoms with Crippen molar-refractivity contribution in [1.29, 1.82) is 0 Å². The van der Waals surface area contributed by atoms with Crippen LogP contribution in [-0.4, -0.2) is 28.7 Å². The van der Waals surface area contributed by atoms with Crippen LogP contribution < -0.4 is 11.5 Å². The van der Waals surface area contributed by atoms with Crippen LogP contribution in [0.15, 0.2) is 48.5 Å². The number of carbonyl (C=O) groups excluding carboxylic acids is 2. The Morgan fingerprint density at radius 1 is 1.20 bits per heavy atom. The number of nitrogens with two attached hydrogens (primary N) is 2. The summed E-state index contributed by atoms with van der Waals surface area (Å²) < 4.78 is 0. The topological polar surface area (TPSA) is 133 Å². The molecule has 2 amide bonds. The van der Waals surface area contributed by atoms with Crippen molar-refractivity contribution < 1.29 is 14.5 Å². The zero-order chi connectivity index (χ0) is 18.6. The zero-order valence-electron chi connectivity index (χ0n) is 13.6. The predicted octanol–water partition coefficient (Wildman–Crippen LogP) is 1.87. The Morgan fingerprint density at radius 2 is 1.84 bits per heavy atom. The van der Waals surface area contributed by atoms with E-state index in [2.05, 4.69) is 0 Å². The largest absolute Gasteiger partial charge is 0.398 e. The highest BCUT2D eigenvalue weighted by Crippen LogP contribution is 2.27. The van der Waals surface area contributed by atoms with E-state index < -0.39 is 22.8 Å². The molecule has 2 aromatic carbocycles. The van der Waals surface area contributed by atoms with E-state index in [1.807, 2.05) is 6.07 Å². The van der Waals surface area contributed by atoms with Gasteiger partial charge in [-0.25, -0.2) is 0 Å². The van der Waals surface area contributed by atoms with Gasteiger partial charge in [0.05, 0.1) is 22.9 Å². The van der Waals surface area contributed by atoms with Crippen LogP contribution in [0.2, 0.25) is 0 Å². The molecule has 25 heavy (non-hydrogen) atoms. The van der Waals surface area contributed by atoms with Gasteiger partial charge in [-0.1, -0.05) is 30.3 Å². The molecule has 0 saturated heterocycles. The lowest BCUT2D eigenvalue weighted by molar-refractivity contribution is -0.384. The summed E-state index contributed by atoms with van der Waals surface area (Å²) in [6.45, 7) is 0. The van der Waals surface area contributed by atoms with E-state index in [0.717, 1.165) is 11.6 Å². The molecule has 130 valence electrons. The maximum Gasteiger partial charge on any atom is 0.270 e. The first-order valence-electron chi connectivity index (χ1n) is 7.45. The smallest absolute Gasteiger partial charge is 0.270 e. The average molecular weight is 342 g/mol. The summed E-state index contributed by atoms with van der Waals surface area (Å²) in [4.78, 5) is 35.9. The number of hydrogen-bond donors (Lipinski definition) is 2. The summed E-state index contributed by atoms with van der Waals surface area (Å²) in [5.41, 5.74) is 11.7. The lowest BCUT2D eigenvalue weighted by Gasteiger charge is -2.28. The highest BCUT2D eigenvalue weighted by Gasteiger charge is 2.26. The molecule has 1 atom stereocenters. The summed E-state index contributed by atoms with van der Waals surface area (Å²) in [5, 5.41) is 10.9. The molecule has 8 nitrogen and oxygen atoms in total.